The van der Waals surface area contributed by atoms with Gasteiger partial charge in [-0.3, -0.25) is 19.4 Å². The van der Waals surface area contributed by atoms with Crippen LogP contribution >= 0.6 is 0 Å². The van der Waals surface area contributed by atoms with Crippen LogP contribution < -0.4 is 0 Å². The van der Waals surface area contributed by atoms with E-state index in [0.29, 0.717) is 19.1 Å². The summed E-state index contributed by atoms with van der Waals surface area (Å²) in [6, 6.07) is 0.424. The molecule has 3 heterocycles. The fourth-order valence-corrected chi connectivity index (χ4v) is 4.24. The van der Waals surface area contributed by atoms with Crippen LogP contribution in [0, 0.1) is 0 Å². The molecule has 0 N–H and O–H groups in total. The first-order chi connectivity index (χ1) is 12.7. The highest BCUT2D eigenvalue weighted by Crippen LogP contribution is 2.20. The summed E-state index contributed by atoms with van der Waals surface area (Å²) >= 11 is 0. The van der Waals surface area contributed by atoms with Gasteiger partial charge in [-0.2, -0.15) is 0 Å². The molecule has 3 saturated heterocycles. The van der Waals surface area contributed by atoms with Gasteiger partial charge in [-0.25, -0.2) is 0 Å². The molecule has 0 saturated carbocycles. The van der Waals surface area contributed by atoms with Gasteiger partial charge in [0.15, 0.2) is 0 Å². The second-order valence-corrected chi connectivity index (χ2v) is 7.69. The van der Waals surface area contributed by atoms with Gasteiger partial charge in [-0.1, -0.05) is 6.92 Å². The number of hydrogen-bond donors (Lipinski definition) is 0. The number of piperidine rings is 1. The molecule has 1 atom stereocenters. The van der Waals surface area contributed by atoms with E-state index in [2.05, 4.69) is 21.6 Å². The lowest BCUT2D eigenvalue weighted by atomic mass is 10.00. The quantitative estimate of drug-likeness (QED) is 0.698. The van der Waals surface area contributed by atoms with Crippen molar-refractivity contribution >= 4 is 11.8 Å². The Bertz CT molecular complexity index is 473. The highest BCUT2D eigenvalue weighted by Gasteiger charge is 2.29. The first kappa shape index (κ1) is 19.6. The van der Waals surface area contributed by atoms with Gasteiger partial charge in [-0.05, 0) is 25.7 Å². The summed E-state index contributed by atoms with van der Waals surface area (Å²) in [5.41, 5.74) is 0. The highest BCUT2D eigenvalue weighted by molar-refractivity contribution is 5.79. The van der Waals surface area contributed by atoms with E-state index in [1.165, 1.54) is 6.42 Å². The van der Waals surface area contributed by atoms with Gasteiger partial charge in [-0.15, -0.1) is 0 Å². The number of carbonyl (C=O) groups is 2. The van der Waals surface area contributed by atoms with Crippen molar-refractivity contribution in [2.24, 2.45) is 0 Å². The summed E-state index contributed by atoms with van der Waals surface area (Å²) in [7, 11) is 0. The standard InChI is InChI=1S/C19H34N4O3/c1-2-17-5-3-4-6-23(17)19(25)16-20-7-9-22(10-8-20)18(24)15-21-11-13-26-14-12-21/h17H,2-16H2,1H3. The molecular weight excluding hydrogens is 332 g/mol. The predicted octanol–water partition coefficient (Wildman–Crippen LogP) is 0.254. The SMILES string of the molecule is CCC1CCCCN1C(=O)CN1CCN(C(=O)CN2CCOCC2)CC1. The fraction of sp³-hybridized carbons (Fsp3) is 0.895. The van der Waals surface area contributed by atoms with Gasteiger partial charge in [0.2, 0.25) is 11.8 Å². The van der Waals surface area contributed by atoms with Crippen molar-refractivity contribution in [1.29, 1.82) is 0 Å². The largest absolute Gasteiger partial charge is 0.379 e. The van der Waals surface area contributed by atoms with Crippen molar-refractivity contribution in [2.75, 3.05) is 72.1 Å². The molecule has 1 unspecified atom stereocenters. The lowest BCUT2D eigenvalue weighted by molar-refractivity contribution is -0.138. The molecule has 0 spiro atoms. The second-order valence-electron chi connectivity index (χ2n) is 7.69. The molecule has 0 radical (unpaired) electrons. The molecule has 0 aliphatic carbocycles. The minimum Gasteiger partial charge on any atom is -0.379 e. The lowest BCUT2D eigenvalue weighted by Crippen LogP contribution is -2.55. The number of ether oxygens (including phenoxy) is 1. The number of likely N-dealkylation sites (tertiary alicyclic amines) is 1. The molecule has 3 aliphatic rings. The maximum atomic E-state index is 12.7. The van der Waals surface area contributed by atoms with E-state index in [4.69, 9.17) is 4.74 Å². The molecule has 0 bridgehead atoms. The summed E-state index contributed by atoms with van der Waals surface area (Å²) in [4.78, 5) is 33.6. The number of amides is 2. The third-order valence-electron chi connectivity index (χ3n) is 5.97. The zero-order valence-electron chi connectivity index (χ0n) is 16.2. The van der Waals surface area contributed by atoms with E-state index in [1.807, 2.05) is 4.90 Å². The maximum absolute atomic E-state index is 12.7. The Morgan fingerprint density at radius 2 is 1.50 bits per heavy atom. The topological polar surface area (TPSA) is 56.3 Å². The zero-order chi connectivity index (χ0) is 18.4. The van der Waals surface area contributed by atoms with Crippen molar-refractivity contribution in [2.45, 2.75) is 38.6 Å². The van der Waals surface area contributed by atoms with Crippen LogP contribution in [-0.4, -0.2) is 110 Å². The Hall–Kier alpha value is -1.18. The number of piperazine rings is 1. The molecular formula is C19H34N4O3. The first-order valence-corrected chi connectivity index (χ1v) is 10.3. The molecule has 7 nitrogen and oxygen atoms in total. The summed E-state index contributed by atoms with van der Waals surface area (Å²) in [6.07, 6.45) is 4.57. The minimum atomic E-state index is 0.208. The monoisotopic (exact) mass is 366 g/mol. The molecule has 3 rings (SSSR count). The number of hydrogen-bond acceptors (Lipinski definition) is 5. The van der Waals surface area contributed by atoms with Crippen molar-refractivity contribution in [3.8, 4) is 0 Å². The number of nitrogens with zero attached hydrogens (tertiary/aromatic N) is 4. The summed E-state index contributed by atoms with van der Waals surface area (Å²) in [5.74, 6) is 0.476. The summed E-state index contributed by atoms with van der Waals surface area (Å²) in [6.45, 7) is 10.3. The van der Waals surface area contributed by atoms with Gasteiger partial charge >= 0.3 is 0 Å². The number of carbonyl (C=O) groups excluding carboxylic acids is 2. The van der Waals surface area contributed by atoms with Crippen LogP contribution in [0.4, 0.5) is 0 Å². The molecule has 0 aromatic heterocycles. The van der Waals surface area contributed by atoms with Crippen molar-refractivity contribution in [3.05, 3.63) is 0 Å². The lowest BCUT2D eigenvalue weighted by Gasteiger charge is -2.39. The van der Waals surface area contributed by atoms with Gasteiger partial charge in [0.1, 0.15) is 0 Å². The van der Waals surface area contributed by atoms with Crippen LogP contribution in [0.3, 0.4) is 0 Å². The predicted molar refractivity (Wildman–Crippen MR) is 99.9 cm³/mol. The molecule has 2 amide bonds. The Morgan fingerprint density at radius 1 is 0.846 bits per heavy atom. The second kappa shape index (κ2) is 9.67. The molecule has 148 valence electrons. The Morgan fingerprint density at radius 3 is 2.19 bits per heavy atom. The third-order valence-corrected chi connectivity index (χ3v) is 5.97. The van der Waals surface area contributed by atoms with E-state index >= 15 is 0 Å². The van der Waals surface area contributed by atoms with E-state index < -0.39 is 0 Å². The van der Waals surface area contributed by atoms with E-state index in [1.54, 1.807) is 0 Å². The molecule has 26 heavy (non-hydrogen) atoms. The van der Waals surface area contributed by atoms with Crippen molar-refractivity contribution in [3.63, 3.8) is 0 Å². The molecule has 3 fully saturated rings. The van der Waals surface area contributed by atoms with E-state index in [0.717, 1.165) is 78.3 Å². The van der Waals surface area contributed by atoms with Crippen LogP contribution in [0.2, 0.25) is 0 Å². The number of rotatable bonds is 5. The Labute approximate surface area is 157 Å². The molecule has 3 aliphatic heterocycles. The smallest absolute Gasteiger partial charge is 0.236 e. The van der Waals surface area contributed by atoms with E-state index in [-0.39, 0.29) is 11.8 Å². The van der Waals surface area contributed by atoms with Crippen LogP contribution in [0.5, 0.6) is 0 Å². The van der Waals surface area contributed by atoms with Gasteiger partial charge in [0.25, 0.3) is 0 Å². The Balaban J connectivity index is 1.40. The highest BCUT2D eigenvalue weighted by atomic mass is 16.5. The third kappa shape index (κ3) is 5.18. The van der Waals surface area contributed by atoms with Crippen LogP contribution in [0.1, 0.15) is 32.6 Å². The molecule has 7 heteroatoms. The van der Waals surface area contributed by atoms with Crippen molar-refractivity contribution in [1.82, 2.24) is 19.6 Å². The maximum Gasteiger partial charge on any atom is 0.236 e. The number of morpholine rings is 1. The van der Waals surface area contributed by atoms with Crippen LogP contribution in [0.15, 0.2) is 0 Å². The average molecular weight is 367 g/mol. The van der Waals surface area contributed by atoms with E-state index in [9.17, 15) is 9.59 Å². The fourth-order valence-electron chi connectivity index (χ4n) is 4.24. The Kier molecular flexibility index (Phi) is 7.28. The first-order valence-electron chi connectivity index (χ1n) is 10.3. The average Bonchev–Trinajstić information content (AvgIpc) is 2.69. The molecule has 0 aromatic carbocycles. The minimum absolute atomic E-state index is 0.208. The van der Waals surface area contributed by atoms with Crippen LogP contribution in [0.25, 0.3) is 0 Å². The summed E-state index contributed by atoms with van der Waals surface area (Å²) in [5, 5.41) is 0. The van der Waals surface area contributed by atoms with Gasteiger partial charge < -0.3 is 14.5 Å². The molecule has 0 aromatic rings. The normalized spacial score (nSPS) is 26.1. The van der Waals surface area contributed by atoms with Crippen molar-refractivity contribution < 1.29 is 14.3 Å². The summed E-state index contributed by atoms with van der Waals surface area (Å²) < 4.78 is 5.33. The van der Waals surface area contributed by atoms with Gasteiger partial charge in [0, 0.05) is 51.9 Å². The van der Waals surface area contributed by atoms with Crippen LogP contribution in [-0.2, 0) is 14.3 Å². The van der Waals surface area contributed by atoms with Gasteiger partial charge in [0.05, 0.1) is 26.3 Å². The zero-order valence-corrected chi connectivity index (χ0v) is 16.2.